The van der Waals surface area contributed by atoms with Gasteiger partial charge in [-0.15, -0.1) is 11.3 Å². The van der Waals surface area contributed by atoms with Crippen molar-refractivity contribution in [1.29, 1.82) is 5.26 Å². The highest BCUT2D eigenvalue weighted by atomic mass is 32.1. The van der Waals surface area contributed by atoms with Crippen molar-refractivity contribution < 1.29 is 9.53 Å². The van der Waals surface area contributed by atoms with E-state index in [9.17, 15) is 4.79 Å². The van der Waals surface area contributed by atoms with E-state index in [2.05, 4.69) is 11.1 Å². The molecule has 0 fully saturated rings. The Morgan fingerprint density at radius 1 is 1.19 bits per heavy atom. The molecule has 0 saturated carbocycles. The van der Waals surface area contributed by atoms with Gasteiger partial charge in [0, 0.05) is 5.38 Å². The minimum absolute atomic E-state index is 0.213. The first-order valence-electron chi connectivity index (χ1n) is 8.06. The van der Waals surface area contributed by atoms with Gasteiger partial charge in [-0.2, -0.15) is 5.26 Å². The lowest BCUT2D eigenvalue weighted by Crippen LogP contribution is -2.37. The first-order valence-corrected chi connectivity index (χ1v) is 8.94. The molecule has 0 unspecified atom stereocenters. The van der Waals surface area contributed by atoms with Crippen molar-refractivity contribution in [1.82, 2.24) is 4.98 Å². The number of thiazole rings is 1. The average molecular weight is 363 g/mol. The van der Waals surface area contributed by atoms with Gasteiger partial charge in [0.05, 0.1) is 23.0 Å². The van der Waals surface area contributed by atoms with E-state index in [-0.39, 0.29) is 5.91 Å². The molecule has 3 rings (SSSR count). The number of amides is 1. The molecule has 0 spiro atoms. The van der Waals surface area contributed by atoms with Crippen molar-refractivity contribution in [3.63, 3.8) is 0 Å². The van der Waals surface area contributed by atoms with Crippen molar-refractivity contribution in [2.24, 2.45) is 0 Å². The first kappa shape index (κ1) is 17.6. The number of nitriles is 1. The number of hydrogen-bond donors (Lipinski definition) is 0. The van der Waals surface area contributed by atoms with E-state index in [0.29, 0.717) is 16.4 Å². The second kappa shape index (κ2) is 7.81. The van der Waals surface area contributed by atoms with Crippen LogP contribution in [0.4, 0.5) is 10.8 Å². The molecule has 1 atom stereocenters. The number of aromatic nitrogens is 1. The van der Waals surface area contributed by atoms with E-state index in [1.54, 1.807) is 36.1 Å². The molecule has 0 radical (unpaired) electrons. The molecule has 26 heavy (non-hydrogen) atoms. The van der Waals surface area contributed by atoms with E-state index in [0.717, 1.165) is 11.4 Å². The zero-order chi connectivity index (χ0) is 18.5. The number of benzene rings is 2. The van der Waals surface area contributed by atoms with E-state index < -0.39 is 6.10 Å². The third-order valence-corrected chi connectivity index (χ3v) is 4.62. The van der Waals surface area contributed by atoms with Crippen LogP contribution < -0.4 is 9.64 Å². The van der Waals surface area contributed by atoms with Gasteiger partial charge in [0.15, 0.2) is 11.2 Å². The number of nitrogens with zero attached hydrogens (tertiary/aromatic N) is 3. The lowest BCUT2D eigenvalue weighted by atomic mass is 10.2. The Labute approximate surface area is 156 Å². The summed E-state index contributed by atoms with van der Waals surface area (Å²) in [6.45, 7) is 3.60. The van der Waals surface area contributed by atoms with Gasteiger partial charge in [0.1, 0.15) is 5.75 Å². The highest BCUT2D eigenvalue weighted by Crippen LogP contribution is 2.29. The Balaban J connectivity index is 1.85. The highest BCUT2D eigenvalue weighted by Gasteiger charge is 2.27. The third-order valence-electron chi connectivity index (χ3n) is 3.68. The second-order valence-electron chi connectivity index (χ2n) is 5.68. The fourth-order valence-electron chi connectivity index (χ4n) is 2.40. The topological polar surface area (TPSA) is 66.2 Å². The summed E-state index contributed by atoms with van der Waals surface area (Å²) in [5.41, 5.74) is 2.14. The number of rotatable bonds is 5. The first-order chi connectivity index (χ1) is 12.6. The summed E-state index contributed by atoms with van der Waals surface area (Å²) in [6.07, 6.45) is -0.715. The second-order valence-corrected chi connectivity index (χ2v) is 6.51. The Bertz CT molecular complexity index is 930. The van der Waals surface area contributed by atoms with E-state index in [1.807, 2.05) is 42.6 Å². The summed E-state index contributed by atoms with van der Waals surface area (Å²) in [7, 11) is 0. The predicted molar refractivity (Wildman–Crippen MR) is 102 cm³/mol. The Kier molecular flexibility index (Phi) is 5.30. The molecular weight excluding hydrogens is 346 g/mol. The summed E-state index contributed by atoms with van der Waals surface area (Å²) >= 11 is 1.41. The Hall–Kier alpha value is -3.17. The quantitative estimate of drug-likeness (QED) is 0.671. The number of ether oxygens (including phenoxy) is 1. The summed E-state index contributed by atoms with van der Waals surface area (Å²) in [5.74, 6) is 0.322. The maximum absolute atomic E-state index is 13.1. The van der Waals surface area contributed by atoms with Crippen molar-refractivity contribution in [3.8, 4) is 11.8 Å². The molecular formula is C20H17N3O2S. The van der Waals surface area contributed by atoms with Crippen molar-refractivity contribution in [3.05, 3.63) is 71.2 Å². The predicted octanol–water partition coefficient (Wildman–Crippen LogP) is 4.46. The van der Waals surface area contributed by atoms with Crippen LogP contribution in [0.1, 0.15) is 18.2 Å². The standard InChI is InChI=1S/C20H17N3O2S/c1-14-13-26-20(22-14)23(17-6-4-3-5-7-17)19(24)15(2)25-18-10-8-16(12-21)9-11-18/h3-11,13,15H,1-2H3/t15-/m0/s1. The largest absolute Gasteiger partial charge is 0.481 e. The van der Waals surface area contributed by atoms with Crippen LogP contribution in [0.3, 0.4) is 0 Å². The average Bonchev–Trinajstić information content (AvgIpc) is 3.09. The van der Waals surface area contributed by atoms with Gasteiger partial charge in [-0.3, -0.25) is 9.69 Å². The van der Waals surface area contributed by atoms with Crippen LogP contribution in [-0.2, 0) is 4.79 Å². The summed E-state index contributed by atoms with van der Waals surface area (Å²) < 4.78 is 5.78. The van der Waals surface area contributed by atoms with Gasteiger partial charge in [-0.05, 0) is 50.2 Å². The van der Waals surface area contributed by atoms with Gasteiger partial charge in [0.25, 0.3) is 5.91 Å². The minimum Gasteiger partial charge on any atom is -0.481 e. The summed E-state index contributed by atoms with van der Waals surface area (Å²) in [4.78, 5) is 19.1. The van der Waals surface area contributed by atoms with E-state index in [1.165, 1.54) is 11.3 Å². The molecule has 0 aliphatic rings. The lowest BCUT2D eigenvalue weighted by Gasteiger charge is -2.24. The normalized spacial score (nSPS) is 11.4. The van der Waals surface area contributed by atoms with E-state index in [4.69, 9.17) is 10.00 Å². The number of para-hydroxylation sites is 1. The summed E-state index contributed by atoms with van der Waals surface area (Å²) in [6, 6.07) is 18.1. The number of hydrogen-bond acceptors (Lipinski definition) is 5. The molecule has 0 aliphatic carbocycles. The van der Waals surface area contributed by atoms with Crippen LogP contribution in [0.15, 0.2) is 60.0 Å². The molecule has 6 heteroatoms. The molecule has 2 aromatic carbocycles. The van der Waals surface area contributed by atoms with Crippen LogP contribution in [0.2, 0.25) is 0 Å². The van der Waals surface area contributed by atoms with Crippen molar-refractivity contribution >= 4 is 28.1 Å². The molecule has 0 bridgehead atoms. The number of anilines is 2. The van der Waals surface area contributed by atoms with Gasteiger partial charge in [-0.25, -0.2) is 4.98 Å². The third kappa shape index (κ3) is 3.90. The van der Waals surface area contributed by atoms with Gasteiger partial charge >= 0.3 is 0 Å². The maximum atomic E-state index is 13.1. The SMILES string of the molecule is Cc1csc(N(C(=O)[C@H](C)Oc2ccc(C#N)cc2)c2ccccc2)n1. The molecule has 0 saturated heterocycles. The Morgan fingerprint density at radius 3 is 2.46 bits per heavy atom. The van der Waals surface area contributed by atoms with Crippen LogP contribution in [0.5, 0.6) is 5.75 Å². The smallest absolute Gasteiger partial charge is 0.274 e. The van der Waals surface area contributed by atoms with Gasteiger partial charge in [-0.1, -0.05) is 18.2 Å². The molecule has 0 N–H and O–H groups in total. The minimum atomic E-state index is -0.715. The van der Waals surface area contributed by atoms with E-state index >= 15 is 0 Å². The molecule has 1 aromatic heterocycles. The molecule has 0 aliphatic heterocycles. The molecule has 1 amide bonds. The molecule has 130 valence electrons. The summed E-state index contributed by atoms with van der Waals surface area (Å²) in [5, 5.41) is 11.4. The van der Waals surface area contributed by atoms with Gasteiger partial charge < -0.3 is 4.74 Å². The molecule has 3 aromatic rings. The number of aryl methyl sites for hydroxylation is 1. The fourth-order valence-corrected chi connectivity index (χ4v) is 3.22. The number of carbonyl (C=O) groups excluding carboxylic acids is 1. The van der Waals surface area contributed by atoms with Crippen molar-refractivity contribution in [2.45, 2.75) is 20.0 Å². The van der Waals surface area contributed by atoms with Crippen LogP contribution in [0.25, 0.3) is 0 Å². The monoisotopic (exact) mass is 363 g/mol. The van der Waals surface area contributed by atoms with Crippen LogP contribution >= 0.6 is 11.3 Å². The zero-order valence-electron chi connectivity index (χ0n) is 14.4. The van der Waals surface area contributed by atoms with Crippen LogP contribution in [0, 0.1) is 18.3 Å². The number of carbonyl (C=O) groups is 1. The Morgan fingerprint density at radius 2 is 1.88 bits per heavy atom. The molecule has 5 nitrogen and oxygen atoms in total. The van der Waals surface area contributed by atoms with Crippen molar-refractivity contribution in [2.75, 3.05) is 4.90 Å². The maximum Gasteiger partial charge on any atom is 0.274 e. The van der Waals surface area contributed by atoms with Gasteiger partial charge in [0.2, 0.25) is 0 Å². The fraction of sp³-hybridized carbons (Fsp3) is 0.150. The zero-order valence-corrected chi connectivity index (χ0v) is 15.2. The lowest BCUT2D eigenvalue weighted by molar-refractivity contribution is -0.123. The van der Waals surface area contributed by atoms with Crippen LogP contribution in [-0.4, -0.2) is 17.0 Å². The molecule has 1 heterocycles. The highest BCUT2D eigenvalue weighted by molar-refractivity contribution is 7.14.